The van der Waals surface area contributed by atoms with Crippen LogP contribution in [0.1, 0.15) is 22.1 Å². The molecule has 1 amide bonds. The Balaban J connectivity index is 1.88. The van der Waals surface area contributed by atoms with Crippen LogP contribution in [-0.2, 0) is 16.1 Å². The van der Waals surface area contributed by atoms with Gasteiger partial charge in [0.05, 0.1) is 5.56 Å². The van der Waals surface area contributed by atoms with E-state index < -0.39 is 11.9 Å². The van der Waals surface area contributed by atoms with Crippen LogP contribution in [0.5, 0.6) is 5.75 Å². The van der Waals surface area contributed by atoms with Crippen molar-refractivity contribution in [3.63, 3.8) is 0 Å². The number of aryl methyl sites for hydroxylation is 1. The first kappa shape index (κ1) is 14.5. The van der Waals surface area contributed by atoms with Gasteiger partial charge in [0, 0.05) is 6.92 Å². The monoisotopic (exact) mass is 291 g/mol. The molecule has 21 heavy (non-hydrogen) atoms. The molecule has 8 heteroatoms. The second kappa shape index (κ2) is 6.51. The van der Waals surface area contributed by atoms with Crippen LogP contribution in [0.4, 0.5) is 0 Å². The molecule has 0 saturated heterocycles. The molecule has 1 heterocycles. The van der Waals surface area contributed by atoms with E-state index in [2.05, 4.69) is 10.2 Å². The highest BCUT2D eigenvalue weighted by Gasteiger charge is 2.10. The van der Waals surface area contributed by atoms with E-state index in [-0.39, 0.29) is 19.1 Å². The molecule has 0 radical (unpaired) electrons. The maximum Gasteiger partial charge on any atom is 0.338 e. The second-order valence-electron chi connectivity index (χ2n) is 4.07. The number of nitrogens with zero attached hydrogens (tertiary/aromatic N) is 2. The molecule has 1 aromatic carbocycles. The van der Waals surface area contributed by atoms with Crippen LogP contribution in [0.25, 0.3) is 0 Å². The Morgan fingerprint density at radius 1 is 1.24 bits per heavy atom. The van der Waals surface area contributed by atoms with Crippen LogP contribution in [-0.4, -0.2) is 28.7 Å². The summed E-state index contributed by atoms with van der Waals surface area (Å²) < 4.78 is 15.2. The number of esters is 1. The average molecular weight is 291 g/mol. The van der Waals surface area contributed by atoms with Crippen molar-refractivity contribution in [2.45, 2.75) is 13.5 Å². The largest absolute Gasteiger partial charge is 0.484 e. The minimum Gasteiger partial charge on any atom is -0.484 e. The number of benzene rings is 1. The fourth-order valence-corrected chi connectivity index (χ4v) is 1.45. The molecule has 110 valence electrons. The molecule has 0 atom stereocenters. The maximum atomic E-state index is 11.8. The topological polar surface area (TPSA) is 118 Å². The normalized spacial score (nSPS) is 10.1. The summed E-state index contributed by atoms with van der Waals surface area (Å²) in [5.41, 5.74) is 5.29. The molecule has 0 aliphatic rings. The van der Waals surface area contributed by atoms with Crippen molar-refractivity contribution in [3.8, 4) is 5.75 Å². The average Bonchev–Trinajstić information content (AvgIpc) is 2.89. The smallest absolute Gasteiger partial charge is 0.338 e. The summed E-state index contributed by atoms with van der Waals surface area (Å²) in [5, 5.41) is 7.33. The third-order valence-corrected chi connectivity index (χ3v) is 2.37. The number of hydrogen-bond donors (Lipinski definition) is 1. The SMILES string of the molecule is Cc1nnc(COC(=O)c2ccc(OCC(N)=O)cc2)o1. The number of carbonyl (C=O) groups is 2. The Morgan fingerprint density at radius 3 is 2.52 bits per heavy atom. The molecule has 8 nitrogen and oxygen atoms in total. The zero-order valence-electron chi connectivity index (χ0n) is 11.2. The Hall–Kier alpha value is -2.90. The van der Waals surface area contributed by atoms with Crippen LogP contribution in [0.2, 0.25) is 0 Å². The Morgan fingerprint density at radius 2 is 1.95 bits per heavy atom. The van der Waals surface area contributed by atoms with Gasteiger partial charge >= 0.3 is 5.97 Å². The Labute approximate surface area is 119 Å². The third-order valence-electron chi connectivity index (χ3n) is 2.37. The number of rotatable bonds is 6. The van der Waals surface area contributed by atoms with Crippen LogP contribution >= 0.6 is 0 Å². The minimum absolute atomic E-state index is 0.0976. The second-order valence-corrected chi connectivity index (χ2v) is 4.07. The third kappa shape index (κ3) is 4.30. The first-order valence-electron chi connectivity index (χ1n) is 6.02. The number of amides is 1. The summed E-state index contributed by atoms with van der Waals surface area (Å²) in [5.74, 6) is -0.0576. The van der Waals surface area contributed by atoms with Crippen LogP contribution in [0.3, 0.4) is 0 Å². The molecule has 0 aliphatic carbocycles. The van der Waals surface area contributed by atoms with Crippen molar-refractivity contribution in [1.29, 1.82) is 0 Å². The number of hydrogen-bond acceptors (Lipinski definition) is 7. The van der Waals surface area contributed by atoms with E-state index in [1.807, 2.05) is 0 Å². The van der Waals surface area contributed by atoms with Crippen LogP contribution in [0, 0.1) is 6.92 Å². The predicted octanol–water partition coefficient (Wildman–Crippen LogP) is 0.599. The van der Waals surface area contributed by atoms with E-state index >= 15 is 0 Å². The summed E-state index contributed by atoms with van der Waals surface area (Å²) in [6, 6.07) is 6.10. The van der Waals surface area contributed by atoms with Crippen molar-refractivity contribution in [3.05, 3.63) is 41.6 Å². The molecule has 0 bridgehead atoms. The van der Waals surface area contributed by atoms with Crippen LogP contribution in [0.15, 0.2) is 28.7 Å². The van der Waals surface area contributed by atoms with Gasteiger partial charge in [-0.1, -0.05) is 0 Å². The van der Waals surface area contributed by atoms with E-state index in [1.165, 1.54) is 24.3 Å². The van der Waals surface area contributed by atoms with Crippen molar-refractivity contribution < 1.29 is 23.5 Å². The summed E-state index contributed by atoms with van der Waals surface area (Å²) in [4.78, 5) is 22.3. The number of aromatic nitrogens is 2. The first-order chi connectivity index (χ1) is 10.0. The summed E-state index contributed by atoms with van der Waals surface area (Å²) >= 11 is 0. The van der Waals surface area contributed by atoms with Crippen LogP contribution < -0.4 is 10.5 Å². The zero-order chi connectivity index (χ0) is 15.2. The first-order valence-corrected chi connectivity index (χ1v) is 6.02. The van der Waals surface area contributed by atoms with Gasteiger partial charge in [0.15, 0.2) is 13.2 Å². The van der Waals surface area contributed by atoms with Gasteiger partial charge < -0.3 is 19.6 Å². The van der Waals surface area contributed by atoms with E-state index in [0.29, 0.717) is 17.2 Å². The molecule has 0 aliphatic heterocycles. The van der Waals surface area contributed by atoms with Gasteiger partial charge in [0.2, 0.25) is 5.89 Å². The van der Waals surface area contributed by atoms with E-state index in [4.69, 9.17) is 19.6 Å². The van der Waals surface area contributed by atoms with Crippen molar-refractivity contribution in [2.75, 3.05) is 6.61 Å². The maximum absolute atomic E-state index is 11.8. The lowest BCUT2D eigenvalue weighted by atomic mass is 10.2. The summed E-state index contributed by atoms with van der Waals surface area (Å²) in [6.07, 6.45) is 0. The zero-order valence-corrected chi connectivity index (χ0v) is 11.2. The molecule has 2 rings (SSSR count). The number of nitrogens with two attached hydrogens (primary N) is 1. The molecule has 0 fully saturated rings. The number of carbonyl (C=O) groups excluding carboxylic acids is 2. The highest BCUT2D eigenvalue weighted by Crippen LogP contribution is 2.13. The molecule has 2 aromatic rings. The molecular weight excluding hydrogens is 278 g/mol. The molecule has 1 aromatic heterocycles. The van der Waals surface area contributed by atoms with Gasteiger partial charge in [-0.3, -0.25) is 4.79 Å². The van der Waals surface area contributed by atoms with Gasteiger partial charge in [-0.05, 0) is 24.3 Å². The highest BCUT2D eigenvalue weighted by molar-refractivity contribution is 5.89. The lowest BCUT2D eigenvalue weighted by molar-refractivity contribution is -0.119. The van der Waals surface area contributed by atoms with Crippen molar-refractivity contribution >= 4 is 11.9 Å². The standard InChI is InChI=1S/C13H13N3O5/c1-8-15-16-12(21-8)7-20-13(18)9-2-4-10(5-3-9)19-6-11(14)17/h2-5H,6-7H2,1H3,(H2,14,17). The van der Waals surface area contributed by atoms with E-state index in [9.17, 15) is 9.59 Å². The minimum atomic E-state index is -0.576. The lowest BCUT2D eigenvalue weighted by Gasteiger charge is -2.05. The fraction of sp³-hybridized carbons (Fsp3) is 0.231. The molecule has 0 spiro atoms. The van der Waals surface area contributed by atoms with E-state index in [1.54, 1.807) is 6.92 Å². The van der Waals surface area contributed by atoms with Crippen molar-refractivity contribution in [1.82, 2.24) is 10.2 Å². The number of ether oxygens (including phenoxy) is 2. The quantitative estimate of drug-likeness (QED) is 0.774. The summed E-state index contributed by atoms with van der Waals surface area (Å²) in [7, 11) is 0. The fourth-order valence-electron chi connectivity index (χ4n) is 1.45. The van der Waals surface area contributed by atoms with Crippen molar-refractivity contribution in [2.24, 2.45) is 5.73 Å². The molecular formula is C13H13N3O5. The molecule has 2 N–H and O–H groups in total. The Kier molecular flexibility index (Phi) is 4.50. The predicted molar refractivity (Wildman–Crippen MR) is 69.3 cm³/mol. The van der Waals surface area contributed by atoms with Gasteiger partial charge in [-0.2, -0.15) is 0 Å². The van der Waals surface area contributed by atoms with Gasteiger partial charge in [-0.15, -0.1) is 10.2 Å². The molecule has 0 unspecified atom stereocenters. The highest BCUT2D eigenvalue weighted by atomic mass is 16.5. The summed E-state index contributed by atoms with van der Waals surface area (Å²) in [6.45, 7) is 1.32. The molecule has 0 saturated carbocycles. The van der Waals surface area contributed by atoms with Gasteiger partial charge in [-0.25, -0.2) is 4.79 Å². The van der Waals surface area contributed by atoms with Gasteiger partial charge in [0.25, 0.3) is 11.8 Å². The van der Waals surface area contributed by atoms with E-state index in [0.717, 1.165) is 0 Å². The Bertz CT molecular complexity index is 636. The van der Waals surface area contributed by atoms with Gasteiger partial charge in [0.1, 0.15) is 5.75 Å². The lowest BCUT2D eigenvalue weighted by Crippen LogP contribution is -2.20. The number of primary amides is 1.